The summed E-state index contributed by atoms with van der Waals surface area (Å²) in [4.78, 5) is 0. The summed E-state index contributed by atoms with van der Waals surface area (Å²) in [5.74, 6) is 0.187. The van der Waals surface area contributed by atoms with Gasteiger partial charge < -0.3 is 10.8 Å². The smallest absolute Gasteiger partial charge is 0.184 e. The highest BCUT2D eigenvalue weighted by Crippen LogP contribution is 2.18. The normalized spacial score (nSPS) is 11.2. The topological polar surface area (TPSA) is 70.6 Å². The van der Waals surface area contributed by atoms with Crippen molar-refractivity contribution in [2.45, 2.75) is 13.8 Å². The standard InChI is InChI=1S/C10H13N3OS/c1-6-3-4-9(14)8(5-6)7(2)12-13-10(11)15/h3-5,14H,1-2H3,(H3,11,13,15)/b12-7+. The molecule has 0 saturated heterocycles. The lowest BCUT2D eigenvalue weighted by atomic mass is 10.1. The minimum Gasteiger partial charge on any atom is -0.507 e. The molecule has 0 saturated carbocycles. The van der Waals surface area contributed by atoms with E-state index in [1.807, 2.05) is 19.1 Å². The maximum absolute atomic E-state index is 9.60. The lowest BCUT2D eigenvalue weighted by molar-refractivity contribution is 0.474. The molecule has 0 spiro atoms. The number of nitrogens with one attached hydrogen (secondary N) is 1. The molecular weight excluding hydrogens is 210 g/mol. The fourth-order valence-corrected chi connectivity index (χ4v) is 1.18. The van der Waals surface area contributed by atoms with Crippen molar-refractivity contribution in [2.75, 3.05) is 0 Å². The van der Waals surface area contributed by atoms with E-state index in [4.69, 9.17) is 5.73 Å². The van der Waals surface area contributed by atoms with Crippen molar-refractivity contribution < 1.29 is 5.11 Å². The number of phenolic OH excluding ortho intramolecular Hbond substituents is 1. The lowest BCUT2D eigenvalue weighted by Crippen LogP contribution is -2.25. The van der Waals surface area contributed by atoms with Crippen LogP contribution >= 0.6 is 12.2 Å². The minimum atomic E-state index is 0.0986. The number of thiocarbonyl (C=S) groups is 1. The molecule has 15 heavy (non-hydrogen) atoms. The second-order valence-corrected chi connectivity index (χ2v) is 3.63. The average Bonchev–Trinajstić information content (AvgIpc) is 2.18. The average molecular weight is 223 g/mol. The lowest BCUT2D eigenvalue weighted by Gasteiger charge is -2.05. The summed E-state index contributed by atoms with van der Waals surface area (Å²) in [6, 6.07) is 5.30. The van der Waals surface area contributed by atoms with Gasteiger partial charge in [-0.15, -0.1) is 0 Å². The summed E-state index contributed by atoms with van der Waals surface area (Å²) in [5.41, 5.74) is 10.1. The third kappa shape index (κ3) is 3.21. The van der Waals surface area contributed by atoms with Gasteiger partial charge in [-0.05, 0) is 38.2 Å². The first-order chi connectivity index (χ1) is 7.00. The third-order valence-electron chi connectivity index (χ3n) is 1.88. The second-order valence-electron chi connectivity index (χ2n) is 3.19. The number of benzene rings is 1. The highest BCUT2D eigenvalue weighted by Gasteiger charge is 2.04. The van der Waals surface area contributed by atoms with Crippen LogP contribution in [-0.4, -0.2) is 15.9 Å². The summed E-state index contributed by atoms with van der Waals surface area (Å²) in [6.45, 7) is 3.71. The summed E-state index contributed by atoms with van der Waals surface area (Å²) >= 11 is 4.62. The fourth-order valence-electron chi connectivity index (χ4n) is 1.14. The third-order valence-corrected chi connectivity index (χ3v) is 1.97. The monoisotopic (exact) mass is 223 g/mol. The van der Waals surface area contributed by atoms with E-state index in [-0.39, 0.29) is 10.9 Å². The SMILES string of the molecule is C/C(=N\NC(N)=S)c1cc(C)ccc1O. The van der Waals surface area contributed by atoms with Crippen molar-refractivity contribution in [3.63, 3.8) is 0 Å². The number of aromatic hydroxyl groups is 1. The van der Waals surface area contributed by atoms with Gasteiger partial charge >= 0.3 is 0 Å². The van der Waals surface area contributed by atoms with Crippen molar-refractivity contribution in [3.05, 3.63) is 29.3 Å². The Bertz CT molecular complexity index is 415. The Hall–Kier alpha value is -1.62. The molecule has 0 atom stereocenters. The molecule has 4 nitrogen and oxygen atoms in total. The molecule has 5 heteroatoms. The molecule has 80 valence electrons. The molecule has 1 aromatic carbocycles. The highest BCUT2D eigenvalue weighted by atomic mass is 32.1. The molecule has 0 aliphatic carbocycles. The molecular formula is C10H13N3OS. The summed E-state index contributed by atoms with van der Waals surface area (Å²) in [6.07, 6.45) is 0. The number of hydrazone groups is 1. The maximum atomic E-state index is 9.60. The zero-order chi connectivity index (χ0) is 11.4. The zero-order valence-corrected chi connectivity index (χ0v) is 9.43. The van der Waals surface area contributed by atoms with Crippen LogP contribution < -0.4 is 11.2 Å². The molecule has 0 amide bonds. The number of phenols is 1. The van der Waals surface area contributed by atoms with E-state index in [1.165, 1.54) is 0 Å². The maximum Gasteiger partial charge on any atom is 0.184 e. The number of aryl methyl sites for hydroxylation is 1. The van der Waals surface area contributed by atoms with Crippen LogP contribution in [0.4, 0.5) is 0 Å². The minimum absolute atomic E-state index is 0.0986. The van der Waals surface area contributed by atoms with Crippen LogP contribution in [-0.2, 0) is 0 Å². The van der Waals surface area contributed by atoms with E-state index >= 15 is 0 Å². The fraction of sp³-hybridized carbons (Fsp3) is 0.200. The van der Waals surface area contributed by atoms with E-state index < -0.39 is 0 Å². The number of rotatable bonds is 2. The predicted molar refractivity (Wildman–Crippen MR) is 65.0 cm³/mol. The molecule has 0 bridgehead atoms. The van der Waals surface area contributed by atoms with Gasteiger partial charge in [0, 0.05) is 5.56 Å². The van der Waals surface area contributed by atoms with Crippen molar-refractivity contribution in [2.24, 2.45) is 10.8 Å². The van der Waals surface area contributed by atoms with Crippen LogP contribution in [0.15, 0.2) is 23.3 Å². The van der Waals surface area contributed by atoms with E-state index in [9.17, 15) is 5.11 Å². The van der Waals surface area contributed by atoms with Crippen molar-refractivity contribution >= 4 is 23.0 Å². The molecule has 0 heterocycles. The second kappa shape index (κ2) is 4.75. The molecule has 0 aliphatic heterocycles. The van der Waals surface area contributed by atoms with E-state index in [1.54, 1.807) is 13.0 Å². The van der Waals surface area contributed by atoms with Crippen LogP contribution in [0.1, 0.15) is 18.1 Å². The highest BCUT2D eigenvalue weighted by molar-refractivity contribution is 7.80. The Kier molecular flexibility index (Phi) is 3.62. The Morgan fingerprint density at radius 2 is 2.20 bits per heavy atom. The Labute approximate surface area is 93.8 Å². The Morgan fingerprint density at radius 1 is 1.53 bits per heavy atom. The van der Waals surface area contributed by atoms with E-state index in [0.717, 1.165) is 5.56 Å². The number of nitrogens with zero attached hydrogens (tertiary/aromatic N) is 1. The summed E-state index contributed by atoms with van der Waals surface area (Å²) in [7, 11) is 0. The molecule has 0 unspecified atom stereocenters. The Morgan fingerprint density at radius 3 is 2.80 bits per heavy atom. The molecule has 4 N–H and O–H groups in total. The first-order valence-electron chi connectivity index (χ1n) is 4.40. The van der Waals surface area contributed by atoms with Crippen LogP contribution in [0.5, 0.6) is 5.75 Å². The van der Waals surface area contributed by atoms with Gasteiger partial charge in [-0.1, -0.05) is 11.6 Å². The van der Waals surface area contributed by atoms with Crippen molar-refractivity contribution in [1.82, 2.24) is 5.43 Å². The van der Waals surface area contributed by atoms with Crippen LogP contribution in [0.25, 0.3) is 0 Å². The van der Waals surface area contributed by atoms with Gasteiger partial charge in [0.15, 0.2) is 5.11 Å². The molecule has 0 fully saturated rings. The van der Waals surface area contributed by atoms with E-state index in [0.29, 0.717) is 11.3 Å². The first-order valence-corrected chi connectivity index (χ1v) is 4.81. The summed E-state index contributed by atoms with van der Waals surface area (Å²) < 4.78 is 0. The van der Waals surface area contributed by atoms with E-state index in [2.05, 4.69) is 22.7 Å². The Balaban J connectivity index is 2.99. The van der Waals surface area contributed by atoms with Crippen LogP contribution in [0.3, 0.4) is 0 Å². The number of hydrogen-bond donors (Lipinski definition) is 3. The number of nitrogens with two attached hydrogens (primary N) is 1. The molecule has 0 aromatic heterocycles. The van der Waals surface area contributed by atoms with Gasteiger partial charge in [-0.3, -0.25) is 5.43 Å². The van der Waals surface area contributed by atoms with Gasteiger partial charge in [0.25, 0.3) is 0 Å². The first kappa shape index (κ1) is 11.5. The van der Waals surface area contributed by atoms with Gasteiger partial charge in [0.1, 0.15) is 5.75 Å². The molecule has 1 aromatic rings. The molecule has 1 rings (SSSR count). The summed E-state index contributed by atoms with van der Waals surface area (Å²) in [5, 5.41) is 13.6. The van der Waals surface area contributed by atoms with Gasteiger partial charge in [0.2, 0.25) is 0 Å². The number of hydrogen-bond acceptors (Lipinski definition) is 3. The largest absolute Gasteiger partial charge is 0.507 e. The molecule has 0 aliphatic rings. The van der Waals surface area contributed by atoms with Crippen molar-refractivity contribution in [1.29, 1.82) is 0 Å². The van der Waals surface area contributed by atoms with Gasteiger partial charge in [-0.25, -0.2) is 0 Å². The molecule has 0 radical (unpaired) electrons. The van der Waals surface area contributed by atoms with Crippen LogP contribution in [0.2, 0.25) is 0 Å². The van der Waals surface area contributed by atoms with Crippen LogP contribution in [0, 0.1) is 6.92 Å². The van der Waals surface area contributed by atoms with Gasteiger partial charge in [0.05, 0.1) is 5.71 Å². The predicted octanol–water partition coefficient (Wildman–Crippen LogP) is 1.26. The van der Waals surface area contributed by atoms with Crippen molar-refractivity contribution in [3.8, 4) is 5.75 Å². The quantitative estimate of drug-likeness (QED) is 0.401. The zero-order valence-electron chi connectivity index (χ0n) is 8.61. The van der Waals surface area contributed by atoms with Gasteiger partial charge in [-0.2, -0.15) is 5.10 Å².